The molecule has 0 bridgehead atoms. The molecule has 0 N–H and O–H groups in total. The maximum absolute atomic E-state index is 10.3. The van der Waals surface area contributed by atoms with E-state index in [-0.39, 0.29) is 11.9 Å². The number of carbonyl (C=O) groups is 2. The van der Waals surface area contributed by atoms with E-state index in [1.807, 2.05) is 6.92 Å². The van der Waals surface area contributed by atoms with E-state index >= 15 is 0 Å². The summed E-state index contributed by atoms with van der Waals surface area (Å²) in [4.78, 5) is 20.3. The highest BCUT2D eigenvalue weighted by Crippen LogP contribution is 1.89. The Morgan fingerprint density at radius 2 is 1.87 bits per heavy atom. The van der Waals surface area contributed by atoms with Crippen molar-refractivity contribution in [3.63, 3.8) is 0 Å². The lowest BCUT2D eigenvalue weighted by Gasteiger charge is -1.93. The highest BCUT2D eigenvalue weighted by Gasteiger charge is 1.94. The molecule has 0 radical (unpaired) electrons. The Labute approximate surface area is 90.6 Å². The average Bonchev–Trinajstić information content (AvgIpc) is 2.03. The molecule has 0 fully saturated rings. The molecule has 0 saturated heterocycles. The van der Waals surface area contributed by atoms with Crippen LogP contribution in [0.15, 0.2) is 25.2 Å². The first-order chi connectivity index (χ1) is 6.93. The third kappa shape index (κ3) is 19.0. The van der Waals surface area contributed by atoms with Crippen LogP contribution in [0.1, 0.15) is 33.6 Å². The van der Waals surface area contributed by atoms with Crippen molar-refractivity contribution in [3.8, 4) is 0 Å². The van der Waals surface area contributed by atoms with Crippen LogP contribution in [0.25, 0.3) is 0 Å². The minimum Gasteiger partial charge on any atom is -0.435 e. The molecule has 0 aliphatic rings. The SMILES string of the molecule is C=C(C)OC(C)=O.C=COC(=O)CCC. The number of allylic oxidation sites excluding steroid dienone is 1. The van der Waals surface area contributed by atoms with Crippen LogP contribution in [0.4, 0.5) is 0 Å². The standard InChI is InChI=1S/C6H10O2.C5H8O2/c1-3-5-6(7)8-4-2;1-4(2)7-5(3)6/h4H,2-3,5H2,1H3;1H2,2-3H3. The Kier molecular flexibility index (Phi) is 11.1. The van der Waals surface area contributed by atoms with Gasteiger partial charge in [-0.1, -0.05) is 20.1 Å². The highest BCUT2D eigenvalue weighted by atomic mass is 16.5. The molecule has 15 heavy (non-hydrogen) atoms. The third-order valence-corrected chi connectivity index (χ3v) is 0.987. The Bertz CT molecular complexity index is 219. The van der Waals surface area contributed by atoms with E-state index in [9.17, 15) is 9.59 Å². The van der Waals surface area contributed by atoms with Gasteiger partial charge in [-0.05, 0) is 13.3 Å². The van der Waals surface area contributed by atoms with Gasteiger partial charge in [0, 0.05) is 13.3 Å². The molecule has 0 saturated carbocycles. The maximum atomic E-state index is 10.3. The summed E-state index contributed by atoms with van der Waals surface area (Å²) in [6.07, 6.45) is 2.46. The first kappa shape index (κ1) is 15.9. The van der Waals surface area contributed by atoms with E-state index < -0.39 is 0 Å². The Morgan fingerprint density at radius 1 is 1.33 bits per heavy atom. The summed E-state index contributed by atoms with van der Waals surface area (Å²) >= 11 is 0. The Balaban J connectivity index is 0. The molecular weight excluding hydrogens is 196 g/mol. The van der Waals surface area contributed by atoms with Gasteiger partial charge in [0.1, 0.15) is 0 Å². The summed E-state index contributed by atoms with van der Waals surface area (Å²) in [5.74, 6) is -0.0810. The molecule has 4 nitrogen and oxygen atoms in total. The first-order valence-corrected chi connectivity index (χ1v) is 4.58. The van der Waals surface area contributed by atoms with Gasteiger partial charge >= 0.3 is 11.9 Å². The lowest BCUT2D eigenvalue weighted by atomic mass is 10.3. The Hall–Kier alpha value is -1.58. The highest BCUT2D eigenvalue weighted by molar-refractivity contribution is 5.69. The molecular formula is C11H18O4. The number of hydrogen-bond donors (Lipinski definition) is 0. The lowest BCUT2D eigenvalue weighted by molar-refractivity contribution is -0.138. The van der Waals surface area contributed by atoms with Gasteiger partial charge in [-0.25, -0.2) is 0 Å². The molecule has 0 aliphatic carbocycles. The first-order valence-electron chi connectivity index (χ1n) is 4.58. The van der Waals surface area contributed by atoms with Crippen LogP contribution in [0, 0.1) is 0 Å². The molecule has 0 atom stereocenters. The van der Waals surface area contributed by atoms with Crippen LogP contribution in [-0.4, -0.2) is 11.9 Å². The van der Waals surface area contributed by atoms with Gasteiger partial charge in [-0.3, -0.25) is 9.59 Å². The van der Waals surface area contributed by atoms with Crippen molar-refractivity contribution in [2.45, 2.75) is 33.6 Å². The van der Waals surface area contributed by atoms with Crippen molar-refractivity contribution in [3.05, 3.63) is 25.2 Å². The van der Waals surface area contributed by atoms with E-state index in [0.717, 1.165) is 12.7 Å². The maximum Gasteiger partial charge on any atom is 0.310 e. The summed E-state index contributed by atoms with van der Waals surface area (Å²) < 4.78 is 8.82. The van der Waals surface area contributed by atoms with E-state index in [1.165, 1.54) is 6.92 Å². The van der Waals surface area contributed by atoms with Crippen molar-refractivity contribution < 1.29 is 19.1 Å². The molecule has 0 aromatic carbocycles. The second-order valence-corrected chi connectivity index (χ2v) is 2.70. The van der Waals surface area contributed by atoms with Gasteiger partial charge in [0.25, 0.3) is 0 Å². The topological polar surface area (TPSA) is 52.6 Å². The molecule has 0 heterocycles. The predicted molar refractivity (Wildman–Crippen MR) is 57.8 cm³/mol. The summed E-state index contributed by atoms with van der Waals surface area (Å²) in [6, 6.07) is 0. The van der Waals surface area contributed by atoms with Gasteiger partial charge in [0.2, 0.25) is 0 Å². The molecule has 4 heteroatoms. The van der Waals surface area contributed by atoms with E-state index in [0.29, 0.717) is 12.2 Å². The van der Waals surface area contributed by atoms with Crippen molar-refractivity contribution in [1.29, 1.82) is 0 Å². The summed E-state index contributed by atoms with van der Waals surface area (Å²) in [6.45, 7) is 11.5. The number of carbonyl (C=O) groups excluding carboxylic acids is 2. The number of ether oxygens (including phenoxy) is 2. The van der Waals surface area contributed by atoms with Crippen molar-refractivity contribution in [2.75, 3.05) is 0 Å². The second kappa shape index (κ2) is 10.5. The fourth-order valence-corrected chi connectivity index (χ4v) is 0.601. The lowest BCUT2D eigenvalue weighted by Crippen LogP contribution is -1.96. The number of rotatable bonds is 4. The molecule has 0 rings (SSSR count). The van der Waals surface area contributed by atoms with Gasteiger partial charge in [0.05, 0.1) is 12.0 Å². The van der Waals surface area contributed by atoms with Gasteiger partial charge in [-0.2, -0.15) is 0 Å². The monoisotopic (exact) mass is 214 g/mol. The summed E-state index contributed by atoms with van der Waals surface area (Å²) in [5, 5.41) is 0. The Morgan fingerprint density at radius 3 is 2.07 bits per heavy atom. The fourth-order valence-electron chi connectivity index (χ4n) is 0.601. The zero-order chi connectivity index (χ0) is 12.3. The van der Waals surface area contributed by atoms with Crippen LogP contribution in [0.2, 0.25) is 0 Å². The zero-order valence-electron chi connectivity index (χ0n) is 9.54. The summed E-state index contributed by atoms with van der Waals surface area (Å²) in [7, 11) is 0. The zero-order valence-corrected chi connectivity index (χ0v) is 9.54. The molecule has 0 aromatic rings. The van der Waals surface area contributed by atoms with Crippen molar-refractivity contribution in [1.82, 2.24) is 0 Å². The van der Waals surface area contributed by atoms with E-state index in [4.69, 9.17) is 0 Å². The van der Waals surface area contributed by atoms with Crippen molar-refractivity contribution in [2.24, 2.45) is 0 Å². The van der Waals surface area contributed by atoms with Crippen LogP contribution in [0.3, 0.4) is 0 Å². The van der Waals surface area contributed by atoms with Crippen LogP contribution >= 0.6 is 0 Å². The fraction of sp³-hybridized carbons (Fsp3) is 0.455. The predicted octanol–water partition coefficient (Wildman–Crippen LogP) is 2.56. The number of hydrogen-bond acceptors (Lipinski definition) is 4. The molecule has 0 aromatic heterocycles. The van der Waals surface area contributed by atoms with Crippen molar-refractivity contribution >= 4 is 11.9 Å². The third-order valence-electron chi connectivity index (χ3n) is 0.987. The van der Waals surface area contributed by atoms with Gasteiger partial charge in [0.15, 0.2) is 0 Å². The molecule has 86 valence electrons. The molecule has 0 aliphatic heterocycles. The van der Waals surface area contributed by atoms with Crippen LogP contribution in [-0.2, 0) is 19.1 Å². The minimum absolute atomic E-state index is 0.206. The second-order valence-electron chi connectivity index (χ2n) is 2.70. The van der Waals surface area contributed by atoms with Gasteiger partial charge < -0.3 is 9.47 Å². The van der Waals surface area contributed by atoms with Gasteiger partial charge in [-0.15, -0.1) is 0 Å². The quantitative estimate of drug-likeness (QED) is 0.533. The minimum atomic E-state index is -0.312. The smallest absolute Gasteiger partial charge is 0.310 e. The molecule has 0 unspecified atom stereocenters. The number of esters is 2. The van der Waals surface area contributed by atoms with E-state index in [1.54, 1.807) is 6.92 Å². The van der Waals surface area contributed by atoms with E-state index in [2.05, 4.69) is 22.6 Å². The normalized spacial score (nSPS) is 7.93. The molecule has 0 spiro atoms. The average molecular weight is 214 g/mol. The molecule has 0 amide bonds. The van der Waals surface area contributed by atoms with Crippen LogP contribution in [0.5, 0.6) is 0 Å². The largest absolute Gasteiger partial charge is 0.435 e. The summed E-state index contributed by atoms with van der Waals surface area (Å²) in [5.41, 5.74) is 0. The van der Waals surface area contributed by atoms with Crippen LogP contribution < -0.4 is 0 Å².